The lowest BCUT2D eigenvalue weighted by Crippen LogP contribution is -1.97. The SMILES string of the molecule is CNc1cc(C)nc2c(C(C)C)cccc12. The molecule has 0 unspecified atom stereocenters. The van der Waals surface area contributed by atoms with Gasteiger partial charge in [0.15, 0.2) is 0 Å². The van der Waals surface area contributed by atoms with Crippen LogP contribution in [0.15, 0.2) is 24.3 Å². The van der Waals surface area contributed by atoms with E-state index in [9.17, 15) is 0 Å². The molecule has 2 nitrogen and oxygen atoms in total. The summed E-state index contributed by atoms with van der Waals surface area (Å²) in [7, 11) is 1.95. The maximum Gasteiger partial charge on any atom is 0.0760 e. The fraction of sp³-hybridized carbons (Fsp3) is 0.357. The summed E-state index contributed by atoms with van der Waals surface area (Å²) in [5.41, 5.74) is 4.66. The molecule has 0 amide bonds. The molecule has 2 aromatic rings. The summed E-state index contributed by atoms with van der Waals surface area (Å²) in [6.07, 6.45) is 0. The molecule has 0 aliphatic rings. The Morgan fingerprint density at radius 1 is 1.25 bits per heavy atom. The first-order chi connectivity index (χ1) is 7.63. The number of benzene rings is 1. The summed E-state index contributed by atoms with van der Waals surface area (Å²) in [5, 5.41) is 4.44. The molecule has 84 valence electrons. The van der Waals surface area contributed by atoms with Gasteiger partial charge in [-0.2, -0.15) is 0 Å². The van der Waals surface area contributed by atoms with Crippen LogP contribution in [0.2, 0.25) is 0 Å². The summed E-state index contributed by atoms with van der Waals surface area (Å²) >= 11 is 0. The fourth-order valence-electron chi connectivity index (χ4n) is 2.07. The summed E-state index contributed by atoms with van der Waals surface area (Å²) < 4.78 is 0. The molecule has 0 aliphatic carbocycles. The van der Waals surface area contributed by atoms with Crippen LogP contribution in [0, 0.1) is 6.92 Å². The van der Waals surface area contributed by atoms with E-state index in [4.69, 9.17) is 0 Å². The third-order valence-electron chi connectivity index (χ3n) is 2.89. The van der Waals surface area contributed by atoms with E-state index < -0.39 is 0 Å². The predicted octanol–water partition coefficient (Wildman–Crippen LogP) is 3.71. The zero-order valence-electron chi connectivity index (χ0n) is 10.3. The second kappa shape index (κ2) is 4.12. The lowest BCUT2D eigenvalue weighted by molar-refractivity contribution is 0.872. The van der Waals surface area contributed by atoms with Gasteiger partial charge in [0.25, 0.3) is 0 Å². The Kier molecular flexibility index (Phi) is 2.82. The van der Waals surface area contributed by atoms with Crippen LogP contribution in [-0.4, -0.2) is 12.0 Å². The van der Waals surface area contributed by atoms with E-state index in [1.54, 1.807) is 0 Å². The van der Waals surface area contributed by atoms with Gasteiger partial charge < -0.3 is 5.32 Å². The van der Waals surface area contributed by atoms with Gasteiger partial charge in [-0.25, -0.2) is 0 Å². The molecule has 0 fully saturated rings. The highest BCUT2D eigenvalue weighted by molar-refractivity contribution is 5.93. The Morgan fingerprint density at radius 2 is 2.00 bits per heavy atom. The van der Waals surface area contributed by atoms with E-state index in [1.807, 2.05) is 14.0 Å². The molecular formula is C14H18N2. The molecule has 0 saturated carbocycles. The Balaban J connectivity index is 2.82. The van der Waals surface area contributed by atoms with Crippen LogP contribution in [0.5, 0.6) is 0 Å². The van der Waals surface area contributed by atoms with Crippen molar-refractivity contribution in [3.05, 3.63) is 35.5 Å². The molecule has 0 spiro atoms. The summed E-state index contributed by atoms with van der Waals surface area (Å²) in [5.74, 6) is 0.503. The van der Waals surface area contributed by atoms with Crippen molar-refractivity contribution in [3.63, 3.8) is 0 Å². The fourth-order valence-corrected chi connectivity index (χ4v) is 2.07. The molecule has 0 bridgehead atoms. The highest BCUT2D eigenvalue weighted by Crippen LogP contribution is 2.29. The number of anilines is 1. The smallest absolute Gasteiger partial charge is 0.0760 e. The number of aromatic nitrogens is 1. The van der Waals surface area contributed by atoms with Crippen molar-refractivity contribution in [1.82, 2.24) is 4.98 Å². The van der Waals surface area contributed by atoms with Gasteiger partial charge in [-0.3, -0.25) is 4.98 Å². The quantitative estimate of drug-likeness (QED) is 0.824. The highest BCUT2D eigenvalue weighted by Gasteiger charge is 2.09. The molecule has 1 aromatic carbocycles. The van der Waals surface area contributed by atoms with Gasteiger partial charge in [0, 0.05) is 23.8 Å². The van der Waals surface area contributed by atoms with Gasteiger partial charge in [0.1, 0.15) is 0 Å². The maximum absolute atomic E-state index is 4.67. The van der Waals surface area contributed by atoms with Crippen LogP contribution in [0.1, 0.15) is 31.0 Å². The second-order valence-electron chi connectivity index (χ2n) is 4.46. The number of para-hydroxylation sites is 1. The second-order valence-corrected chi connectivity index (χ2v) is 4.46. The molecule has 0 aliphatic heterocycles. The molecular weight excluding hydrogens is 196 g/mol. The third kappa shape index (κ3) is 1.75. The molecule has 1 N–H and O–H groups in total. The first-order valence-electron chi connectivity index (χ1n) is 5.71. The van der Waals surface area contributed by atoms with Crippen molar-refractivity contribution < 1.29 is 0 Å². The minimum atomic E-state index is 0.503. The summed E-state index contributed by atoms with van der Waals surface area (Å²) in [6.45, 7) is 6.45. The Morgan fingerprint density at radius 3 is 2.62 bits per heavy atom. The molecule has 0 atom stereocenters. The number of pyridine rings is 1. The van der Waals surface area contributed by atoms with Crippen molar-refractivity contribution in [2.45, 2.75) is 26.7 Å². The zero-order chi connectivity index (χ0) is 11.7. The van der Waals surface area contributed by atoms with Crippen LogP contribution in [-0.2, 0) is 0 Å². The number of fused-ring (bicyclic) bond motifs is 1. The van der Waals surface area contributed by atoms with Crippen LogP contribution in [0.3, 0.4) is 0 Å². The van der Waals surface area contributed by atoms with Crippen LogP contribution in [0.25, 0.3) is 10.9 Å². The highest BCUT2D eigenvalue weighted by atomic mass is 14.8. The largest absolute Gasteiger partial charge is 0.388 e. The number of aryl methyl sites for hydroxylation is 1. The van der Waals surface area contributed by atoms with Crippen molar-refractivity contribution in [2.75, 3.05) is 12.4 Å². The summed E-state index contributed by atoms with van der Waals surface area (Å²) in [6, 6.07) is 8.49. The van der Waals surface area contributed by atoms with E-state index in [2.05, 4.69) is 48.4 Å². The Bertz CT molecular complexity index is 515. The molecule has 0 saturated heterocycles. The van der Waals surface area contributed by atoms with Crippen molar-refractivity contribution >= 4 is 16.6 Å². The monoisotopic (exact) mass is 214 g/mol. The van der Waals surface area contributed by atoms with Gasteiger partial charge in [-0.15, -0.1) is 0 Å². The van der Waals surface area contributed by atoms with Gasteiger partial charge in [-0.1, -0.05) is 32.0 Å². The topological polar surface area (TPSA) is 24.9 Å². The van der Waals surface area contributed by atoms with E-state index in [0.29, 0.717) is 5.92 Å². The van der Waals surface area contributed by atoms with Crippen molar-refractivity contribution in [1.29, 1.82) is 0 Å². The average Bonchev–Trinajstić information content (AvgIpc) is 2.26. The van der Waals surface area contributed by atoms with E-state index in [-0.39, 0.29) is 0 Å². The first-order valence-corrected chi connectivity index (χ1v) is 5.71. The minimum Gasteiger partial charge on any atom is -0.388 e. The number of rotatable bonds is 2. The van der Waals surface area contributed by atoms with Gasteiger partial charge >= 0.3 is 0 Å². The maximum atomic E-state index is 4.67. The van der Waals surface area contributed by atoms with Crippen molar-refractivity contribution in [3.8, 4) is 0 Å². The van der Waals surface area contributed by atoms with E-state index in [1.165, 1.54) is 10.9 Å². The lowest BCUT2D eigenvalue weighted by atomic mass is 9.99. The average molecular weight is 214 g/mol. The molecule has 2 rings (SSSR count). The Labute approximate surface area is 96.7 Å². The Hall–Kier alpha value is -1.57. The van der Waals surface area contributed by atoms with Gasteiger partial charge in [0.2, 0.25) is 0 Å². The number of hydrogen-bond acceptors (Lipinski definition) is 2. The predicted molar refractivity (Wildman–Crippen MR) is 70.1 cm³/mol. The minimum absolute atomic E-state index is 0.503. The zero-order valence-corrected chi connectivity index (χ0v) is 10.3. The van der Waals surface area contributed by atoms with Crippen molar-refractivity contribution in [2.24, 2.45) is 0 Å². The molecule has 2 heteroatoms. The lowest BCUT2D eigenvalue weighted by Gasteiger charge is -2.12. The normalized spacial score (nSPS) is 11.1. The van der Waals surface area contributed by atoms with Crippen LogP contribution >= 0.6 is 0 Å². The third-order valence-corrected chi connectivity index (χ3v) is 2.89. The number of hydrogen-bond donors (Lipinski definition) is 1. The number of nitrogens with one attached hydrogen (secondary N) is 1. The van der Waals surface area contributed by atoms with E-state index >= 15 is 0 Å². The van der Waals surface area contributed by atoms with Gasteiger partial charge in [0.05, 0.1) is 5.52 Å². The van der Waals surface area contributed by atoms with Gasteiger partial charge in [-0.05, 0) is 24.5 Å². The van der Waals surface area contributed by atoms with Crippen LogP contribution < -0.4 is 5.32 Å². The van der Waals surface area contributed by atoms with E-state index in [0.717, 1.165) is 16.9 Å². The molecule has 1 heterocycles. The number of nitrogens with zero attached hydrogens (tertiary/aromatic N) is 1. The molecule has 1 aromatic heterocycles. The summed E-state index contributed by atoms with van der Waals surface area (Å²) in [4.78, 5) is 4.67. The molecule has 0 radical (unpaired) electrons. The molecule has 16 heavy (non-hydrogen) atoms. The first kappa shape index (κ1) is 10.9. The van der Waals surface area contributed by atoms with Crippen LogP contribution in [0.4, 0.5) is 5.69 Å². The standard InChI is InChI=1S/C14H18N2/c1-9(2)11-6-5-7-12-13(15-4)8-10(3)16-14(11)12/h5-9H,1-4H3,(H,15,16).